The highest BCUT2D eigenvalue weighted by molar-refractivity contribution is 5.68. The molecule has 4 nitrogen and oxygen atoms in total. The molecule has 1 heterocycles. The van der Waals surface area contributed by atoms with Crippen LogP contribution >= 0.6 is 0 Å². The van der Waals surface area contributed by atoms with Gasteiger partial charge in [-0.2, -0.15) is 0 Å². The van der Waals surface area contributed by atoms with Crippen molar-refractivity contribution < 1.29 is 14.3 Å². The maximum absolute atomic E-state index is 11.6. The van der Waals surface area contributed by atoms with Gasteiger partial charge in [0, 0.05) is 0 Å². The fourth-order valence-corrected chi connectivity index (χ4v) is 1.46. The van der Waals surface area contributed by atoms with E-state index in [1.807, 2.05) is 40.7 Å². The second kappa shape index (κ2) is 4.87. The van der Waals surface area contributed by atoms with Gasteiger partial charge in [0.1, 0.15) is 5.60 Å². The lowest BCUT2D eigenvalue weighted by molar-refractivity contribution is 0.0306. The molecule has 0 radical (unpaired) electrons. The van der Waals surface area contributed by atoms with Gasteiger partial charge in [0.15, 0.2) is 0 Å². The molecule has 0 aromatic rings. The van der Waals surface area contributed by atoms with E-state index in [1.54, 1.807) is 0 Å². The molecule has 0 bridgehead atoms. The van der Waals surface area contributed by atoms with E-state index in [-0.39, 0.29) is 12.1 Å². The van der Waals surface area contributed by atoms with Crippen molar-refractivity contribution in [2.24, 2.45) is 0 Å². The standard InChI is InChI=1S/C12H21NO3/c1-8-6-10(9(2)15-7-8)13-11(14)16-12(3,4)5/h6,9-10H,7H2,1-5H3,(H,13,14)/t9-,10-/m1/s1. The summed E-state index contributed by atoms with van der Waals surface area (Å²) >= 11 is 0. The third kappa shape index (κ3) is 4.23. The number of carbonyl (C=O) groups excluding carboxylic acids is 1. The van der Waals surface area contributed by atoms with Gasteiger partial charge < -0.3 is 14.8 Å². The smallest absolute Gasteiger partial charge is 0.408 e. The van der Waals surface area contributed by atoms with Gasteiger partial charge in [0.25, 0.3) is 0 Å². The zero-order chi connectivity index (χ0) is 12.3. The molecule has 0 spiro atoms. The van der Waals surface area contributed by atoms with Crippen molar-refractivity contribution in [3.05, 3.63) is 11.6 Å². The molecule has 0 aromatic heterocycles. The highest BCUT2D eigenvalue weighted by Gasteiger charge is 2.24. The van der Waals surface area contributed by atoms with Gasteiger partial charge in [0.05, 0.1) is 18.8 Å². The fourth-order valence-electron chi connectivity index (χ4n) is 1.46. The normalized spacial score (nSPS) is 25.9. The summed E-state index contributed by atoms with van der Waals surface area (Å²) in [6.07, 6.45) is 1.59. The van der Waals surface area contributed by atoms with Crippen molar-refractivity contribution in [3.8, 4) is 0 Å². The third-order valence-corrected chi connectivity index (χ3v) is 2.23. The molecule has 2 atom stereocenters. The Kier molecular flexibility index (Phi) is 3.97. The van der Waals surface area contributed by atoms with Crippen molar-refractivity contribution in [2.45, 2.75) is 52.4 Å². The minimum absolute atomic E-state index is 0.0174. The van der Waals surface area contributed by atoms with Crippen molar-refractivity contribution in [1.29, 1.82) is 0 Å². The topological polar surface area (TPSA) is 47.6 Å². The summed E-state index contributed by atoms with van der Waals surface area (Å²) in [6, 6.07) is -0.108. The van der Waals surface area contributed by atoms with Crippen molar-refractivity contribution >= 4 is 6.09 Å². The van der Waals surface area contributed by atoms with Crippen molar-refractivity contribution in [1.82, 2.24) is 5.32 Å². The Balaban J connectivity index is 2.53. The molecule has 1 rings (SSSR count). The van der Waals surface area contributed by atoms with E-state index in [0.29, 0.717) is 6.61 Å². The molecule has 1 amide bonds. The number of amides is 1. The van der Waals surface area contributed by atoms with E-state index >= 15 is 0 Å². The lowest BCUT2D eigenvalue weighted by Gasteiger charge is -2.29. The average molecular weight is 227 g/mol. The predicted molar refractivity (Wildman–Crippen MR) is 62.3 cm³/mol. The minimum atomic E-state index is -0.471. The summed E-state index contributed by atoms with van der Waals surface area (Å²) in [6.45, 7) is 10.1. The molecule has 4 heteroatoms. The first kappa shape index (κ1) is 13.0. The van der Waals surface area contributed by atoms with E-state index in [4.69, 9.17) is 9.47 Å². The van der Waals surface area contributed by atoms with Crippen LogP contribution in [0, 0.1) is 0 Å². The fraction of sp³-hybridized carbons (Fsp3) is 0.750. The first-order chi connectivity index (χ1) is 7.28. The molecule has 1 aliphatic heterocycles. The van der Waals surface area contributed by atoms with Crippen LogP contribution in [0.4, 0.5) is 4.79 Å². The Morgan fingerprint density at radius 2 is 2.19 bits per heavy atom. The van der Waals surface area contributed by atoms with Crippen molar-refractivity contribution in [2.75, 3.05) is 6.61 Å². The molecule has 1 aliphatic rings. The maximum atomic E-state index is 11.6. The molecule has 0 unspecified atom stereocenters. The van der Waals surface area contributed by atoms with E-state index in [9.17, 15) is 4.79 Å². The highest BCUT2D eigenvalue weighted by Crippen LogP contribution is 2.13. The molecule has 0 saturated carbocycles. The van der Waals surface area contributed by atoms with Crippen LogP contribution in [0.3, 0.4) is 0 Å². The molecule has 0 aromatic carbocycles. The van der Waals surface area contributed by atoms with E-state index in [0.717, 1.165) is 5.57 Å². The van der Waals surface area contributed by atoms with Crippen LogP contribution in [0.5, 0.6) is 0 Å². The van der Waals surface area contributed by atoms with Crippen molar-refractivity contribution in [3.63, 3.8) is 0 Å². The van der Waals surface area contributed by atoms with Gasteiger partial charge in [-0.1, -0.05) is 6.08 Å². The number of ether oxygens (including phenoxy) is 2. The first-order valence-electron chi connectivity index (χ1n) is 5.56. The second-order valence-electron chi connectivity index (χ2n) is 5.20. The van der Waals surface area contributed by atoms with Crippen LogP contribution < -0.4 is 5.32 Å². The van der Waals surface area contributed by atoms with Crippen LogP contribution in [0.2, 0.25) is 0 Å². The summed E-state index contributed by atoms with van der Waals surface area (Å²) in [5.41, 5.74) is 0.654. The highest BCUT2D eigenvalue weighted by atomic mass is 16.6. The third-order valence-electron chi connectivity index (χ3n) is 2.23. The van der Waals surface area contributed by atoms with E-state index < -0.39 is 11.7 Å². The number of hydrogen-bond acceptors (Lipinski definition) is 3. The quantitative estimate of drug-likeness (QED) is 0.699. The first-order valence-corrected chi connectivity index (χ1v) is 5.56. The Bertz CT molecular complexity index is 291. The molecular formula is C12H21NO3. The van der Waals surface area contributed by atoms with Crippen LogP contribution in [0.25, 0.3) is 0 Å². The molecule has 0 aliphatic carbocycles. The predicted octanol–water partition coefficient (Wildman–Crippen LogP) is 2.24. The zero-order valence-corrected chi connectivity index (χ0v) is 10.7. The van der Waals surface area contributed by atoms with Crippen LogP contribution in [-0.4, -0.2) is 30.4 Å². The summed E-state index contributed by atoms with van der Waals surface area (Å²) in [4.78, 5) is 11.6. The van der Waals surface area contributed by atoms with Gasteiger partial charge in [-0.05, 0) is 40.2 Å². The Morgan fingerprint density at radius 3 is 2.75 bits per heavy atom. The summed E-state index contributed by atoms with van der Waals surface area (Å²) < 4.78 is 10.7. The Hall–Kier alpha value is -1.03. The number of nitrogens with one attached hydrogen (secondary N) is 1. The van der Waals surface area contributed by atoms with Gasteiger partial charge in [-0.15, -0.1) is 0 Å². The second-order valence-corrected chi connectivity index (χ2v) is 5.20. The lowest BCUT2D eigenvalue weighted by Crippen LogP contribution is -2.46. The monoisotopic (exact) mass is 227 g/mol. The number of alkyl carbamates (subject to hydrolysis) is 1. The molecule has 1 N–H and O–H groups in total. The van der Waals surface area contributed by atoms with E-state index in [1.165, 1.54) is 0 Å². The minimum Gasteiger partial charge on any atom is -0.444 e. The molecule has 0 saturated heterocycles. The summed E-state index contributed by atoms with van der Waals surface area (Å²) in [5, 5.41) is 2.79. The van der Waals surface area contributed by atoms with Crippen LogP contribution in [-0.2, 0) is 9.47 Å². The van der Waals surface area contributed by atoms with E-state index in [2.05, 4.69) is 5.32 Å². The van der Waals surface area contributed by atoms with Crippen LogP contribution in [0.15, 0.2) is 11.6 Å². The summed E-state index contributed by atoms with van der Waals surface area (Å²) in [5.74, 6) is 0. The zero-order valence-electron chi connectivity index (χ0n) is 10.7. The molecule has 16 heavy (non-hydrogen) atoms. The summed E-state index contributed by atoms with van der Waals surface area (Å²) in [7, 11) is 0. The maximum Gasteiger partial charge on any atom is 0.408 e. The molecule has 0 fully saturated rings. The van der Waals surface area contributed by atoms with Gasteiger partial charge in [-0.25, -0.2) is 4.79 Å². The van der Waals surface area contributed by atoms with Gasteiger partial charge in [-0.3, -0.25) is 0 Å². The average Bonchev–Trinajstić information content (AvgIpc) is 2.08. The largest absolute Gasteiger partial charge is 0.444 e. The number of hydrogen-bond donors (Lipinski definition) is 1. The Labute approximate surface area is 97.0 Å². The SMILES string of the molecule is CC1=C[C@@H](NC(=O)OC(C)(C)C)[C@@H](C)OC1. The molecular weight excluding hydrogens is 206 g/mol. The Morgan fingerprint density at radius 1 is 1.56 bits per heavy atom. The van der Waals surface area contributed by atoms with Crippen LogP contribution in [0.1, 0.15) is 34.6 Å². The number of rotatable bonds is 1. The van der Waals surface area contributed by atoms with Gasteiger partial charge in [0.2, 0.25) is 0 Å². The van der Waals surface area contributed by atoms with Gasteiger partial charge >= 0.3 is 6.09 Å². The lowest BCUT2D eigenvalue weighted by atomic mass is 10.1. The number of carbonyl (C=O) groups is 1. The molecule has 92 valence electrons.